The van der Waals surface area contributed by atoms with Crippen LogP contribution in [-0.4, -0.2) is 32.4 Å². The van der Waals surface area contributed by atoms with Crippen molar-refractivity contribution in [3.63, 3.8) is 0 Å². The van der Waals surface area contributed by atoms with Gasteiger partial charge in [0, 0.05) is 11.1 Å². The normalized spacial score (nSPS) is 10.7. The van der Waals surface area contributed by atoms with Gasteiger partial charge in [-0.25, -0.2) is 9.59 Å². The van der Waals surface area contributed by atoms with E-state index in [-0.39, 0.29) is 22.6 Å². The van der Waals surface area contributed by atoms with Crippen LogP contribution in [0, 0.1) is 20.8 Å². The Hall–Kier alpha value is -3.80. The lowest BCUT2D eigenvalue weighted by molar-refractivity contribution is 0.0686. The monoisotopic (exact) mass is 392 g/mol. The highest BCUT2D eigenvalue weighted by atomic mass is 16.4. The number of phenols is 2. The third-order valence-electron chi connectivity index (χ3n) is 5.12. The summed E-state index contributed by atoms with van der Waals surface area (Å²) in [5, 5.41) is 38.9. The maximum absolute atomic E-state index is 11.7. The number of aryl methyl sites for hydroxylation is 1. The quantitative estimate of drug-likeness (QED) is 0.509. The summed E-state index contributed by atoms with van der Waals surface area (Å²) in [6.07, 6.45) is 0. The predicted molar refractivity (Wildman–Crippen MR) is 109 cm³/mol. The molecule has 3 aromatic rings. The van der Waals surface area contributed by atoms with Crippen LogP contribution >= 0.6 is 0 Å². The van der Waals surface area contributed by atoms with Crippen molar-refractivity contribution in [2.24, 2.45) is 0 Å². The molecule has 4 N–H and O–H groups in total. The van der Waals surface area contributed by atoms with Crippen LogP contribution < -0.4 is 0 Å². The van der Waals surface area contributed by atoms with Gasteiger partial charge in [0.15, 0.2) is 0 Å². The van der Waals surface area contributed by atoms with Crippen LogP contribution in [0.4, 0.5) is 0 Å². The zero-order valence-electron chi connectivity index (χ0n) is 16.1. The molecule has 0 spiro atoms. The van der Waals surface area contributed by atoms with E-state index in [1.54, 1.807) is 13.0 Å². The summed E-state index contributed by atoms with van der Waals surface area (Å²) in [5.74, 6) is -2.32. The first-order chi connectivity index (χ1) is 13.6. The minimum atomic E-state index is -1.11. The van der Waals surface area contributed by atoms with Gasteiger partial charge in [0.2, 0.25) is 0 Å². The van der Waals surface area contributed by atoms with Gasteiger partial charge in [-0.05, 0) is 85.0 Å². The molecule has 0 heterocycles. The number of hydrogen-bond donors (Lipinski definition) is 4. The molecule has 148 valence electrons. The van der Waals surface area contributed by atoms with Gasteiger partial charge in [-0.2, -0.15) is 0 Å². The number of carboxylic acids is 2. The van der Waals surface area contributed by atoms with Crippen LogP contribution in [0.1, 0.15) is 37.4 Å². The first kappa shape index (κ1) is 19.9. The van der Waals surface area contributed by atoms with E-state index in [0.29, 0.717) is 22.3 Å². The molecule has 6 heteroatoms. The van der Waals surface area contributed by atoms with Gasteiger partial charge in [-0.1, -0.05) is 6.07 Å². The van der Waals surface area contributed by atoms with Crippen molar-refractivity contribution in [2.45, 2.75) is 20.8 Å². The Labute approximate surface area is 167 Å². The standard InChI is InChI=1S/C23H20O6/c1-11-8-18(19-9-14(24)4-6-16(19)22(26)27)12(2)13(3)21(11)20-10-15(25)5-7-17(20)23(28)29/h4-10,24-25H,1-3H3,(H,26,27)(H,28,29). The Kier molecular flexibility index (Phi) is 5.03. The molecule has 0 saturated carbocycles. The van der Waals surface area contributed by atoms with E-state index in [4.69, 9.17) is 0 Å². The lowest BCUT2D eigenvalue weighted by Crippen LogP contribution is -2.04. The Balaban J connectivity index is 2.34. The summed E-state index contributed by atoms with van der Waals surface area (Å²) in [7, 11) is 0. The number of carboxylic acid groups (broad SMARTS) is 2. The van der Waals surface area contributed by atoms with Crippen LogP contribution in [-0.2, 0) is 0 Å². The fourth-order valence-corrected chi connectivity index (χ4v) is 3.64. The van der Waals surface area contributed by atoms with E-state index in [2.05, 4.69) is 0 Å². The van der Waals surface area contributed by atoms with E-state index in [1.165, 1.54) is 36.4 Å². The SMILES string of the molecule is Cc1cc(-c2cc(O)ccc2C(=O)O)c(C)c(C)c1-c1cc(O)ccc1C(=O)O. The number of carbonyl (C=O) groups is 2. The first-order valence-electron chi connectivity index (χ1n) is 8.86. The topological polar surface area (TPSA) is 115 Å². The fourth-order valence-electron chi connectivity index (χ4n) is 3.64. The van der Waals surface area contributed by atoms with Crippen LogP contribution in [0.25, 0.3) is 22.3 Å². The molecule has 0 amide bonds. The Morgan fingerprint density at radius 1 is 0.655 bits per heavy atom. The average Bonchev–Trinajstić information content (AvgIpc) is 2.64. The zero-order chi connectivity index (χ0) is 21.5. The van der Waals surface area contributed by atoms with Crippen LogP contribution in [0.3, 0.4) is 0 Å². The lowest BCUT2D eigenvalue weighted by Gasteiger charge is -2.20. The summed E-state index contributed by atoms with van der Waals surface area (Å²) in [5.41, 5.74) is 4.40. The van der Waals surface area contributed by atoms with Gasteiger partial charge in [0.25, 0.3) is 0 Å². The summed E-state index contributed by atoms with van der Waals surface area (Å²) in [4.78, 5) is 23.3. The number of aromatic hydroxyl groups is 2. The smallest absolute Gasteiger partial charge is 0.336 e. The fraction of sp³-hybridized carbons (Fsp3) is 0.130. The molecule has 0 atom stereocenters. The molecular weight excluding hydrogens is 372 g/mol. The molecule has 0 aliphatic carbocycles. The second kappa shape index (κ2) is 7.31. The molecule has 0 bridgehead atoms. The van der Waals surface area contributed by atoms with Gasteiger partial charge in [0.05, 0.1) is 11.1 Å². The van der Waals surface area contributed by atoms with Crippen molar-refractivity contribution in [1.29, 1.82) is 0 Å². The number of hydrogen-bond acceptors (Lipinski definition) is 4. The molecule has 3 rings (SSSR count). The Morgan fingerprint density at radius 3 is 1.66 bits per heavy atom. The minimum absolute atomic E-state index is 0.0494. The highest BCUT2D eigenvalue weighted by molar-refractivity contribution is 6.00. The maximum atomic E-state index is 11.7. The second-order valence-electron chi connectivity index (χ2n) is 6.94. The summed E-state index contributed by atoms with van der Waals surface area (Å²) < 4.78 is 0. The van der Waals surface area contributed by atoms with Crippen molar-refractivity contribution in [3.8, 4) is 33.8 Å². The van der Waals surface area contributed by atoms with Gasteiger partial charge in [0.1, 0.15) is 11.5 Å². The Morgan fingerprint density at radius 2 is 1.14 bits per heavy atom. The van der Waals surface area contributed by atoms with Gasteiger partial charge in [-0.3, -0.25) is 0 Å². The maximum Gasteiger partial charge on any atom is 0.336 e. The lowest BCUT2D eigenvalue weighted by atomic mass is 9.84. The molecule has 0 radical (unpaired) electrons. The summed E-state index contributed by atoms with van der Waals surface area (Å²) in [6.45, 7) is 5.43. The second-order valence-corrected chi connectivity index (χ2v) is 6.94. The van der Waals surface area contributed by atoms with Crippen molar-refractivity contribution >= 4 is 11.9 Å². The van der Waals surface area contributed by atoms with Gasteiger partial charge >= 0.3 is 11.9 Å². The molecule has 0 aliphatic rings. The third kappa shape index (κ3) is 3.52. The molecule has 0 unspecified atom stereocenters. The van der Waals surface area contributed by atoms with E-state index in [1.807, 2.05) is 13.8 Å². The molecule has 0 fully saturated rings. The van der Waals surface area contributed by atoms with Crippen molar-refractivity contribution in [3.05, 3.63) is 70.3 Å². The number of benzene rings is 3. The molecule has 0 aromatic heterocycles. The van der Waals surface area contributed by atoms with Crippen molar-refractivity contribution < 1.29 is 30.0 Å². The molecular formula is C23H20O6. The molecule has 0 saturated heterocycles. The number of phenolic OH excluding ortho intramolecular Hbond substituents is 2. The minimum Gasteiger partial charge on any atom is -0.508 e. The predicted octanol–water partition coefficient (Wildman–Crippen LogP) is 4.75. The Bertz CT molecular complexity index is 1160. The molecule has 0 aliphatic heterocycles. The van der Waals surface area contributed by atoms with E-state index in [0.717, 1.165) is 16.7 Å². The third-order valence-corrected chi connectivity index (χ3v) is 5.12. The molecule has 3 aromatic carbocycles. The molecule has 6 nitrogen and oxygen atoms in total. The van der Waals surface area contributed by atoms with Crippen LogP contribution in [0.15, 0.2) is 42.5 Å². The van der Waals surface area contributed by atoms with Gasteiger partial charge < -0.3 is 20.4 Å². The zero-order valence-corrected chi connectivity index (χ0v) is 16.1. The number of aromatic carboxylic acids is 2. The highest BCUT2D eigenvalue weighted by Gasteiger charge is 2.21. The van der Waals surface area contributed by atoms with E-state index in [9.17, 15) is 30.0 Å². The summed E-state index contributed by atoms with van der Waals surface area (Å²) >= 11 is 0. The highest BCUT2D eigenvalue weighted by Crippen LogP contribution is 2.39. The first-order valence-corrected chi connectivity index (χ1v) is 8.86. The largest absolute Gasteiger partial charge is 0.508 e. The summed E-state index contributed by atoms with van der Waals surface area (Å²) in [6, 6.07) is 9.94. The van der Waals surface area contributed by atoms with Crippen molar-refractivity contribution in [2.75, 3.05) is 0 Å². The van der Waals surface area contributed by atoms with Crippen LogP contribution in [0.5, 0.6) is 11.5 Å². The number of rotatable bonds is 4. The van der Waals surface area contributed by atoms with E-state index < -0.39 is 11.9 Å². The van der Waals surface area contributed by atoms with Crippen LogP contribution in [0.2, 0.25) is 0 Å². The van der Waals surface area contributed by atoms with E-state index >= 15 is 0 Å². The van der Waals surface area contributed by atoms with Crippen molar-refractivity contribution in [1.82, 2.24) is 0 Å². The van der Waals surface area contributed by atoms with Gasteiger partial charge in [-0.15, -0.1) is 0 Å². The average molecular weight is 392 g/mol. The molecule has 29 heavy (non-hydrogen) atoms.